The molecule has 0 aliphatic heterocycles. The molecule has 3 aromatic rings. The van der Waals surface area contributed by atoms with Crippen LogP contribution in [0.15, 0.2) is 66.7 Å². The van der Waals surface area contributed by atoms with Crippen LogP contribution in [0, 0.1) is 0 Å². The number of carboxylic acid groups (broad SMARTS) is 1. The maximum Gasteiger partial charge on any atom is 0.347 e. The van der Waals surface area contributed by atoms with Crippen molar-refractivity contribution in [2.24, 2.45) is 0 Å². The minimum atomic E-state index is -1.34. The number of nitrogens with one attached hydrogen (secondary N) is 1. The van der Waals surface area contributed by atoms with Gasteiger partial charge in [-0.25, -0.2) is 4.79 Å². The number of amides is 1. The predicted octanol–water partition coefficient (Wildman–Crippen LogP) is 6.04. The van der Waals surface area contributed by atoms with Gasteiger partial charge in [0.05, 0.1) is 18.7 Å². The molecule has 194 valence electrons. The van der Waals surface area contributed by atoms with E-state index in [0.717, 1.165) is 24.0 Å². The van der Waals surface area contributed by atoms with Gasteiger partial charge in [-0.3, -0.25) is 9.59 Å². The van der Waals surface area contributed by atoms with Crippen molar-refractivity contribution < 1.29 is 29.0 Å². The molecule has 0 radical (unpaired) electrons. The van der Waals surface area contributed by atoms with Crippen LogP contribution >= 0.6 is 11.6 Å². The van der Waals surface area contributed by atoms with Gasteiger partial charge in [0.15, 0.2) is 11.4 Å². The molecule has 3 aromatic carbocycles. The van der Waals surface area contributed by atoms with Crippen LogP contribution in [-0.2, 0) is 4.79 Å². The average molecular weight is 524 g/mol. The fraction of sp³-hybridized carbons (Fsp3) is 0.276. The number of rotatable bonds is 12. The topological polar surface area (TPSA) is 102 Å². The van der Waals surface area contributed by atoms with Crippen LogP contribution < -0.4 is 14.8 Å². The normalized spacial score (nSPS) is 11.0. The molecule has 0 aromatic heterocycles. The van der Waals surface area contributed by atoms with E-state index in [2.05, 4.69) is 5.32 Å². The molecule has 8 heteroatoms. The highest BCUT2D eigenvalue weighted by Gasteiger charge is 2.29. The van der Waals surface area contributed by atoms with Gasteiger partial charge in [-0.15, -0.1) is 0 Å². The lowest BCUT2D eigenvalue weighted by Crippen LogP contribution is -2.37. The first kappa shape index (κ1) is 27.7. The Kier molecular flexibility index (Phi) is 9.31. The standard InChI is InChI=1S/C29H30ClNO6/c1-4-5-16-36-26-15-12-22(30)17-24(26)27(33)31-18-25(32)21-8-6-19(7-9-21)20-10-13-23(14-11-20)37-29(2,3)28(34)35/h6-15,17H,4-5,16,18H2,1-3H3,(H,31,33)(H,34,35). The molecule has 0 unspecified atom stereocenters. The van der Waals surface area contributed by atoms with E-state index in [0.29, 0.717) is 28.7 Å². The third kappa shape index (κ3) is 7.57. The minimum absolute atomic E-state index is 0.176. The summed E-state index contributed by atoms with van der Waals surface area (Å²) in [5.74, 6) is -0.865. The van der Waals surface area contributed by atoms with E-state index >= 15 is 0 Å². The van der Waals surface area contributed by atoms with Crippen molar-refractivity contribution in [3.63, 3.8) is 0 Å². The van der Waals surface area contributed by atoms with Crippen molar-refractivity contribution in [1.82, 2.24) is 5.32 Å². The summed E-state index contributed by atoms with van der Waals surface area (Å²) in [6.45, 7) is 5.32. The highest BCUT2D eigenvalue weighted by Crippen LogP contribution is 2.26. The second-order valence-electron chi connectivity index (χ2n) is 8.97. The Labute approximate surface area is 221 Å². The van der Waals surface area contributed by atoms with Gasteiger partial charge >= 0.3 is 5.97 Å². The monoisotopic (exact) mass is 523 g/mol. The molecule has 0 aliphatic rings. The highest BCUT2D eigenvalue weighted by molar-refractivity contribution is 6.31. The van der Waals surface area contributed by atoms with Crippen LogP contribution in [0.3, 0.4) is 0 Å². The SMILES string of the molecule is CCCCOc1ccc(Cl)cc1C(=O)NCC(=O)c1ccc(-c2ccc(OC(C)(C)C(=O)O)cc2)cc1. The smallest absolute Gasteiger partial charge is 0.347 e. The van der Waals surface area contributed by atoms with Gasteiger partial charge < -0.3 is 19.9 Å². The molecular formula is C29H30ClNO6. The Bertz CT molecular complexity index is 1250. The molecule has 0 atom stereocenters. The number of Topliss-reactive ketones (excluding diaryl/α,β-unsaturated/α-hetero) is 1. The van der Waals surface area contributed by atoms with E-state index in [9.17, 15) is 19.5 Å². The lowest BCUT2D eigenvalue weighted by molar-refractivity contribution is -0.152. The molecule has 3 rings (SSSR count). The number of ether oxygens (including phenoxy) is 2. The molecule has 0 heterocycles. The molecule has 0 bridgehead atoms. The van der Waals surface area contributed by atoms with Gasteiger partial charge in [-0.1, -0.05) is 61.3 Å². The third-order valence-corrected chi connectivity index (χ3v) is 5.87. The summed E-state index contributed by atoms with van der Waals surface area (Å²) < 4.78 is 11.2. The zero-order chi connectivity index (χ0) is 27.0. The van der Waals surface area contributed by atoms with Crippen molar-refractivity contribution in [1.29, 1.82) is 0 Å². The van der Waals surface area contributed by atoms with Gasteiger partial charge in [0.25, 0.3) is 5.91 Å². The molecule has 0 spiro atoms. The predicted molar refractivity (Wildman–Crippen MR) is 143 cm³/mol. The van der Waals surface area contributed by atoms with E-state index < -0.39 is 17.5 Å². The molecule has 0 fully saturated rings. The average Bonchev–Trinajstić information content (AvgIpc) is 2.88. The number of ketones is 1. The first-order valence-electron chi connectivity index (χ1n) is 12.0. The summed E-state index contributed by atoms with van der Waals surface area (Å²) in [6, 6.07) is 18.9. The van der Waals surface area contributed by atoms with Crippen LogP contribution in [0.4, 0.5) is 0 Å². The van der Waals surface area contributed by atoms with E-state index in [4.69, 9.17) is 21.1 Å². The summed E-state index contributed by atoms with van der Waals surface area (Å²) in [7, 11) is 0. The summed E-state index contributed by atoms with van der Waals surface area (Å²) in [4.78, 5) is 36.7. The van der Waals surface area contributed by atoms with Gasteiger partial charge in [-0.05, 0) is 61.7 Å². The second-order valence-corrected chi connectivity index (χ2v) is 9.40. The molecule has 37 heavy (non-hydrogen) atoms. The van der Waals surface area contributed by atoms with Crippen LogP contribution in [0.1, 0.15) is 54.3 Å². The molecule has 7 nitrogen and oxygen atoms in total. The van der Waals surface area contributed by atoms with Crippen molar-refractivity contribution in [3.05, 3.63) is 82.9 Å². The lowest BCUT2D eigenvalue weighted by atomic mass is 10.0. The number of halogens is 1. The molecule has 2 N–H and O–H groups in total. The van der Waals surface area contributed by atoms with E-state index in [1.165, 1.54) is 19.9 Å². The number of aliphatic carboxylic acids is 1. The van der Waals surface area contributed by atoms with Crippen molar-refractivity contribution in [2.45, 2.75) is 39.2 Å². The fourth-order valence-corrected chi connectivity index (χ4v) is 3.56. The first-order chi connectivity index (χ1) is 17.6. The summed E-state index contributed by atoms with van der Waals surface area (Å²) in [6.07, 6.45) is 1.83. The number of benzene rings is 3. The summed E-state index contributed by atoms with van der Waals surface area (Å²) >= 11 is 6.06. The number of carbonyl (C=O) groups is 3. The lowest BCUT2D eigenvalue weighted by Gasteiger charge is -2.21. The number of hydrogen-bond acceptors (Lipinski definition) is 5. The van der Waals surface area contributed by atoms with Gasteiger partial charge in [0.1, 0.15) is 11.5 Å². The maximum absolute atomic E-state index is 12.7. The zero-order valence-electron chi connectivity index (χ0n) is 21.0. The van der Waals surface area contributed by atoms with Crippen molar-refractivity contribution in [2.75, 3.05) is 13.2 Å². The Morgan fingerprint density at radius 1 is 0.946 bits per heavy atom. The quantitative estimate of drug-likeness (QED) is 0.221. The van der Waals surface area contributed by atoms with Crippen LogP contribution in [0.25, 0.3) is 11.1 Å². The number of unbranched alkanes of at least 4 members (excludes halogenated alkanes) is 1. The third-order valence-electron chi connectivity index (χ3n) is 5.63. The van der Waals surface area contributed by atoms with E-state index in [1.54, 1.807) is 36.4 Å². The van der Waals surface area contributed by atoms with Gasteiger partial charge in [0, 0.05) is 10.6 Å². The highest BCUT2D eigenvalue weighted by atomic mass is 35.5. The Morgan fingerprint density at radius 3 is 2.16 bits per heavy atom. The second kappa shape index (κ2) is 12.4. The molecular weight excluding hydrogens is 494 g/mol. The Balaban J connectivity index is 1.61. The van der Waals surface area contributed by atoms with Crippen LogP contribution in [-0.4, -0.2) is 41.5 Å². The van der Waals surface area contributed by atoms with E-state index in [-0.39, 0.29) is 17.9 Å². The number of carboxylic acids is 1. The zero-order valence-corrected chi connectivity index (χ0v) is 21.8. The Morgan fingerprint density at radius 2 is 1.57 bits per heavy atom. The molecule has 0 saturated carbocycles. The van der Waals surface area contributed by atoms with Crippen LogP contribution in [0.2, 0.25) is 5.02 Å². The van der Waals surface area contributed by atoms with Gasteiger partial charge in [0.2, 0.25) is 0 Å². The summed E-state index contributed by atoms with van der Waals surface area (Å²) in [5.41, 5.74) is 1.15. The number of hydrogen-bond donors (Lipinski definition) is 2. The minimum Gasteiger partial charge on any atom is -0.493 e. The molecule has 0 aliphatic carbocycles. The van der Waals surface area contributed by atoms with Crippen molar-refractivity contribution in [3.8, 4) is 22.6 Å². The van der Waals surface area contributed by atoms with Crippen LogP contribution in [0.5, 0.6) is 11.5 Å². The fourth-order valence-electron chi connectivity index (χ4n) is 3.39. The summed E-state index contributed by atoms with van der Waals surface area (Å²) in [5, 5.41) is 12.3. The van der Waals surface area contributed by atoms with Gasteiger partial charge in [-0.2, -0.15) is 0 Å². The van der Waals surface area contributed by atoms with Crippen molar-refractivity contribution >= 4 is 29.3 Å². The maximum atomic E-state index is 12.7. The Hall–Kier alpha value is -3.84. The molecule has 1 amide bonds. The largest absolute Gasteiger partial charge is 0.493 e. The molecule has 0 saturated heterocycles. The first-order valence-corrected chi connectivity index (χ1v) is 12.3. The van der Waals surface area contributed by atoms with E-state index in [1.807, 2.05) is 31.2 Å². The number of carbonyl (C=O) groups excluding carboxylic acids is 2.